The lowest BCUT2D eigenvalue weighted by molar-refractivity contribution is 0.398. The zero-order valence-electron chi connectivity index (χ0n) is 16.5. The number of nitrogens with zero attached hydrogens (tertiary/aromatic N) is 2. The molecule has 3 rings (SSSR count). The molecule has 0 radical (unpaired) electrons. The maximum Gasteiger partial charge on any atom is 0.242 e. The largest absolute Gasteiger partial charge is 0.497 e. The first-order valence-electron chi connectivity index (χ1n) is 9.16. The minimum absolute atomic E-state index is 0.303. The Hall–Kier alpha value is -2.40. The van der Waals surface area contributed by atoms with Crippen LogP contribution in [0.4, 0.5) is 5.88 Å². The Balaban J connectivity index is 2.09. The van der Waals surface area contributed by atoms with Crippen molar-refractivity contribution in [3.63, 3.8) is 0 Å². The molecule has 0 fully saturated rings. The summed E-state index contributed by atoms with van der Waals surface area (Å²) in [7, 11) is 1.67. The van der Waals surface area contributed by atoms with Gasteiger partial charge in [-0.15, -0.1) is 0 Å². The number of rotatable bonds is 7. The Labute approximate surface area is 165 Å². The molecule has 5 heteroatoms. The van der Waals surface area contributed by atoms with Crippen molar-refractivity contribution < 1.29 is 9.26 Å². The first-order valence-corrected chi connectivity index (χ1v) is 9.98. The summed E-state index contributed by atoms with van der Waals surface area (Å²) in [4.78, 5) is 4.46. The van der Waals surface area contributed by atoms with Gasteiger partial charge in [-0.05, 0) is 64.1 Å². The van der Waals surface area contributed by atoms with E-state index in [-0.39, 0.29) is 0 Å². The molecule has 0 aliphatic carbocycles. The lowest BCUT2D eigenvalue weighted by Gasteiger charge is -2.30. The zero-order chi connectivity index (χ0) is 19.4. The molecular weight excluding hydrogens is 356 g/mol. The molecule has 4 nitrogen and oxygen atoms in total. The fourth-order valence-electron chi connectivity index (χ4n) is 3.13. The molecule has 0 saturated carbocycles. The minimum atomic E-state index is 0.303. The maximum absolute atomic E-state index is 5.89. The van der Waals surface area contributed by atoms with Crippen LogP contribution in [0, 0.1) is 0 Å². The number of benzene rings is 2. The van der Waals surface area contributed by atoms with Gasteiger partial charge in [0, 0.05) is 22.5 Å². The van der Waals surface area contributed by atoms with Crippen molar-refractivity contribution in [1.29, 1.82) is 0 Å². The van der Waals surface area contributed by atoms with E-state index < -0.39 is 0 Å². The Bertz CT molecular complexity index is 850. The van der Waals surface area contributed by atoms with Crippen LogP contribution in [0.3, 0.4) is 0 Å². The lowest BCUT2D eigenvalue weighted by Crippen LogP contribution is -2.37. The van der Waals surface area contributed by atoms with Crippen molar-refractivity contribution in [2.75, 3.05) is 12.0 Å². The van der Waals surface area contributed by atoms with Gasteiger partial charge in [0.2, 0.25) is 5.88 Å². The molecule has 2 aromatic carbocycles. The molecule has 0 bridgehead atoms. The van der Waals surface area contributed by atoms with Gasteiger partial charge in [-0.2, -0.15) is 0 Å². The summed E-state index contributed by atoms with van der Waals surface area (Å²) in [5.41, 5.74) is 1.87. The molecule has 0 aliphatic rings. The van der Waals surface area contributed by atoms with Crippen molar-refractivity contribution in [2.45, 2.75) is 49.6 Å². The average molecular weight is 383 g/mol. The van der Waals surface area contributed by atoms with Crippen LogP contribution in [-0.4, -0.2) is 24.4 Å². The topological polar surface area (TPSA) is 38.5 Å². The summed E-state index contributed by atoms with van der Waals surface area (Å²) in [6.45, 7) is 8.69. The van der Waals surface area contributed by atoms with Crippen LogP contribution in [0.25, 0.3) is 11.3 Å². The highest BCUT2D eigenvalue weighted by Gasteiger charge is 2.27. The van der Waals surface area contributed by atoms with Crippen molar-refractivity contribution in [2.24, 2.45) is 0 Å². The highest BCUT2D eigenvalue weighted by molar-refractivity contribution is 7.99. The van der Waals surface area contributed by atoms with E-state index in [1.54, 1.807) is 18.9 Å². The van der Waals surface area contributed by atoms with E-state index in [4.69, 9.17) is 9.26 Å². The van der Waals surface area contributed by atoms with Gasteiger partial charge in [0.15, 0.2) is 0 Å². The number of hydrogen-bond donors (Lipinski definition) is 0. The molecule has 3 aromatic rings. The van der Waals surface area contributed by atoms with Gasteiger partial charge >= 0.3 is 0 Å². The molecule has 1 heterocycles. The molecule has 0 amide bonds. The Morgan fingerprint density at radius 1 is 0.926 bits per heavy atom. The van der Waals surface area contributed by atoms with E-state index in [9.17, 15) is 0 Å². The fourth-order valence-corrected chi connectivity index (χ4v) is 4.14. The number of ether oxygens (including phenoxy) is 1. The molecule has 0 saturated heterocycles. The van der Waals surface area contributed by atoms with E-state index in [1.165, 1.54) is 0 Å². The molecule has 0 unspecified atom stereocenters. The van der Waals surface area contributed by atoms with Gasteiger partial charge in [-0.3, -0.25) is 0 Å². The number of methoxy groups -OCH3 is 1. The third kappa shape index (κ3) is 4.30. The Kier molecular flexibility index (Phi) is 6.11. The van der Waals surface area contributed by atoms with Crippen LogP contribution in [-0.2, 0) is 0 Å². The quantitative estimate of drug-likeness (QED) is 0.492. The Morgan fingerprint density at radius 3 is 2.11 bits per heavy atom. The highest BCUT2D eigenvalue weighted by atomic mass is 32.2. The summed E-state index contributed by atoms with van der Waals surface area (Å²) in [5, 5.41) is 4.45. The zero-order valence-corrected chi connectivity index (χ0v) is 17.3. The standard InChI is InChI=1S/C22H26N2O2S/c1-15(2)24(16(3)4)22-21(27-19-9-7-6-8-10-19)20(23-26-22)17-11-13-18(25-5)14-12-17/h6-16H,1-5H3. The van der Waals surface area contributed by atoms with E-state index >= 15 is 0 Å². The maximum atomic E-state index is 5.89. The molecular formula is C22H26N2O2S. The highest BCUT2D eigenvalue weighted by Crippen LogP contribution is 2.43. The van der Waals surface area contributed by atoms with Gasteiger partial charge in [0.25, 0.3) is 0 Å². The Morgan fingerprint density at radius 2 is 1.56 bits per heavy atom. The molecule has 142 valence electrons. The second-order valence-electron chi connectivity index (χ2n) is 6.90. The van der Waals surface area contributed by atoms with Crippen LogP contribution in [0.2, 0.25) is 0 Å². The SMILES string of the molecule is COc1ccc(-c2noc(N(C(C)C)C(C)C)c2Sc2ccccc2)cc1. The van der Waals surface area contributed by atoms with Crippen LogP contribution in [0.1, 0.15) is 27.7 Å². The third-order valence-electron chi connectivity index (χ3n) is 4.31. The van der Waals surface area contributed by atoms with Crippen molar-refractivity contribution in [3.8, 4) is 17.0 Å². The summed E-state index contributed by atoms with van der Waals surface area (Å²) in [6.07, 6.45) is 0. The van der Waals surface area contributed by atoms with Crippen molar-refractivity contribution in [3.05, 3.63) is 54.6 Å². The second-order valence-corrected chi connectivity index (χ2v) is 7.99. The lowest BCUT2D eigenvalue weighted by atomic mass is 10.1. The summed E-state index contributed by atoms with van der Waals surface area (Å²) in [6, 6.07) is 18.9. The first kappa shape index (κ1) is 19.4. The first-order chi connectivity index (χ1) is 13.0. The summed E-state index contributed by atoms with van der Waals surface area (Å²) < 4.78 is 11.2. The monoisotopic (exact) mass is 382 g/mol. The van der Waals surface area contributed by atoms with Gasteiger partial charge in [0.05, 0.1) is 7.11 Å². The van der Waals surface area contributed by atoms with E-state index in [0.717, 1.165) is 32.7 Å². The third-order valence-corrected chi connectivity index (χ3v) is 5.39. The molecule has 0 aliphatic heterocycles. The number of hydrogen-bond acceptors (Lipinski definition) is 5. The second kappa shape index (κ2) is 8.53. The van der Waals surface area contributed by atoms with Crippen LogP contribution < -0.4 is 9.64 Å². The van der Waals surface area contributed by atoms with Crippen molar-refractivity contribution >= 4 is 17.6 Å². The number of anilines is 1. The predicted octanol–water partition coefficient (Wildman–Crippen LogP) is 6.12. The van der Waals surface area contributed by atoms with Crippen molar-refractivity contribution in [1.82, 2.24) is 5.16 Å². The van der Waals surface area contributed by atoms with Gasteiger partial charge < -0.3 is 14.2 Å². The average Bonchev–Trinajstić information content (AvgIpc) is 3.05. The molecule has 27 heavy (non-hydrogen) atoms. The summed E-state index contributed by atoms with van der Waals surface area (Å²) in [5.74, 6) is 1.64. The van der Waals surface area contributed by atoms with Gasteiger partial charge in [-0.25, -0.2) is 0 Å². The van der Waals surface area contributed by atoms with Crippen LogP contribution in [0.15, 0.2) is 68.9 Å². The number of aromatic nitrogens is 1. The normalized spacial score (nSPS) is 11.2. The van der Waals surface area contributed by atoms with E-state index in [2.05, 4.69) is 49.9 Å². The van der Waals surface area contributed by atoms with Gasteiger partial charge in [-0.1, -0.05) is 35.1 Å². The van der Waals surface area contributed by atoms with Crippen LogP contribution >= 0.6 is 11.8 Å². The van der Waals surface area contributed by atoms with E-state index in [0.29, 0.717) is 12.1 Å². The smallest absolute Gasteiger partial charge is 0.242 e. The van der Waals surface area contributed by atoms with Crippen LogP contribution in [0.5, 0.6) is 5.75 Å². The van der Waals surface area contributed by atoms with E-state index in [1.807, 2.05) is 42.5 Å². The fraction of sp³-hybridized carbons (Fsp3) is 0.318. The minimum Gasteiger partial charge on any atom is -0.497 e. The molecule has 1 aromatic heterocycles. The molecule has 0 spiro atoms. The predicted molar refractivity (Wildman–Crippen MR) is 112 cm³/mol. The molecule has 0 N–H and O–H groups in total. The molecule has 0 atom stereocenters. The summed E-state index contributed by atoms with van der Waals surface area (Å²) >= 11 is 1.69. The van der Waals surface area contributed by atoms with Gasteiger partial charge in [0.1, 0.15) is 16.3 Å².